The molecule has 0 saturated carbocycles. The average Bonchev–Trinajstić information content (AvgIpc) is 2.72. The maximum absolute atomic E-state index is 13.1. The van der Waals surface area contributed by atoms with Crippen molar-refractivity contribution in [3.8, 4) is 5.75 Å². The molecule has 32 heavy (non-hydrogen) atoms. The Bertz CT molecular complexity index is 954. The molecule has 2 aromatic rings. The Balaban J connectivity index is 1.68. The monoisotopic (exact) mass is 438 g/mol. The molecule has 0 fully saturated rings. The third kappa shape index (κ3) is 5.68. The van der Waals surface area contributed by atoms with E-state index < -0.39 is 5.60 Å². The number of carbonyl (C=O) groups excluding carboxylic acids is 2. The highest BCUT2D eigenvalue weighted by molar-refractivity contribution is 6.04. The van der Waals surface area contributed by atoms with Crippen molar-refractivity contribution >= 4 is 17.5 Å². The fourth-order valence-corrected chi connectivity index (χ4v) is 3.76. The van der Waals surface area contributed by atoms with E-state index in [4.69, 9.17) is 9.47 Å². The van der Waals surface area contributed by atoms with Crippen LogP contribution < -0.4 is 15.0 Å². The smallest absolute Gasteiger partial charge is 0.270 e. The number of benzene rings is 2. The number of unbranched alkanes of at least 4 members (excludes halogenated alkanes) is 1. The van der Waals surface area contributed by atoms with Crippen molar-refractivity contribution in [2.45, 2.75) is 65.7 Å². The maximum Gasteiger partial charge on any atom is 0.270 e. The van der Waals surface area contributed by atoms with Crippen LogP contribution in [0.3, 0.4) is 0 Å². The summed E-state index contributed by atoms with van der Waals surface area (Å²) < 4.78 is 11.8. The summed E-state index contributed by atoms with van der Waals surface area (Å²) in [6.45, 7) is 11.0. The van der Waals surface area contributed by atoms with E-state index in [2.05, 4.69) is 5.32 Å². The van der Waals surface area contributed by atoms with Crippen LogP contribution in [0.2, 0.25) is 0 Å². The Hall–Kier alpha value is -2.86. The second kappa shape index (κ2) is 10.2. The van der Waals surface area contributed by atoms with Gasteiger partial charge in [0.25, 0.3) is 11.8 Å². The first-order valence-electron chi connectivity index (χ1n) is 11.3. The van der Waals surface area contributed by atoms with E-state index in [9.17, 15) is 9.59 Å². The lowest BCUT2D eigenvalue weighted by Gasteiger charge is -2.39. The summed E-state index contributed by atoms with van der Waals surface area (Å²) in [5.41, 5.74) is 2.23. The Morgan fingerprint density at radius 1 is 1.16 bits per heavy atom. The number of amides is 2. The van der Waals surface area contributed by atoms with Crippen LogP contribution in [0, 0.1) is 6.92 Å². The lowest BCUT2D eigenvalue weighted by Crippen LogP contribution is -2.53. The number of fused-ring (bicyclic) bond motifs is 1. The van der Waals surface area contributed by atoms with Crippen LogP contribution in [0.15, 0.2) is 42.5 Å². The predicted octanol–water partition coefficient (Wildman–Crippen LogP) is 4.63. The summed E-state index contributed by atoms with van der Waals surface area (Å²) in [5.74, 6) is 0.384. The summed E-state index contributed by atoms with van der Waals surface area (Å²) in [6, 6.07) is 13.7. The third-order valence-electron chi connectivity index (χ3n) is 5.42. The molecule has 2 amide bonds. The Kier molecular flexibility index (Phi) is 7.56. The van der Waals surface area contributed by atoms with Gasteiger partial charge in [-0.15, -0.1) is 0 Å². The molecule has 1 N–H and O–H groups in total. The molecule has 3 rings (SSSR count). The molecule has 0 spiro atoms. The minimum atomic E-state index is -0.953. The number of nitrogens with one attached hydrogen (secondary N) is 1. The van der Waals surface area contributed by atoms with Crippen molar-refractivity contribution in [1.29, 1.82) is 0 Å². The van der Waals surface area contributed by atoms with Gasteiger partial charge in [0.05, 0.1) is 12.3 Å². The fourth-order valence-electron chi connectivity index (χ4n) is 3.76. The van der Waals surface area contributed by atoms with Gasteiger partial charge in [0, 0.05) is 24.8 Å². The molecule has 0 unspecified atom stereocenters. The van der Waals surface area contributed by atoms with Crippen LogP contribution in [0.5, 0.6) is 5.75 Å². The van der Waals surface area contributed by atoms with Gasteiger partial charge in [-0.1, -0.05) is 30.3 Å². The lowest BCUT2D eigenvalue weighted by molar-refractivity contribution is -0.132. The van der Waals surface area contributed by atoms with E-state index >= 15 is 0 Å². The maximum atomic E-state index is 13.1. The molecule has 0 saturated heterocycles. The van der Waals surface area contributed by atoms with Crippen molar-refractivity contribution in [1.82, 2.24) is 5.32 Å². The molecule has 1 heterocycles. The fraction of sp³-hybridized carbons (Fsp3) is 0.462. The number of hydrogen-bond acceptors (Lipinski definition) is 4. The summed E-state index contributed by atoms with van der Waals surface area (Å²) >= 11 is 0. The van der Waals surface area contributed by atoms with Gasteiger partial charge in [-0.05, 0) is 70.7 Å². The highest BCUT2D eigenvalue weighted by Crippen LogP contribution is 2.39. The van der Waals surface area contributed by atoms with E-state index in [1.165, 1.54) is 0 Å². The Labute approximate surface area is 190 Å². The number of rotatable bonds is 9. The molecular formula is C26H34N2O4. The van der Waals surface area contributed by atoms with Crippen molar-refractivity contribution in [3.63, 3.8) is 0 Å². The summed E-state index contributed by atoms with van der Waals surface area (Å²) in [4.78, 5) is 27.5. The van der Waals surface area contributed by atoms with Crippen LogP contribution in [0.25, 0.3) is 0 Å². The topological polar surface area (TPSA) is 67.9 Å². The van der Waals surface area contributed by atoms with Crippen molar-refractivity contribution in [3.05, 3.63) is 59.2 Å². The van der Waals surface area contributed by atoms with Gasteiger partial charge in [0.2, 0.25) is 0 Å². The zero-order valence-electron chi connectivity index (χ0n) is 19.7. The highest BCUT2D eigenvalue weighted by atomic mass is 16.5. The number of ether oxygens (including phenoxy) is 2. The van der Waals surface area contributed by atoms with E-state index in [0.29, 0.717) is 36.8 Å². The number of aryl methyl sites for hydroxylation is 1. The number of nitrogens with zero attached hydrogens (tertiary/aromatic N) is 1. The highest BCUT2D eigenvalue weighted by Gasteiger charge is 2.41. The van der Waals surface area contributed by atoms with Gasteiger partial charge in [-0.2, -0.15) is 0 Å². The lowest BCUT2D eigenvalue weighted by atomic mass is 9.99. The SMILES string of the molecule is Cc1cc2c(cc1C(=O)NC(C)C)N(CCCCOCc1ccccc1)C(=O)C(C)(C)O2. The number of hydrogen-bond donors (Lipinski definition) is 1. The van der Waals surface area contributed by atoms with E-state index in [0.717, 1.165) is 24.0 Å². The minimum absolute atomic E-state index is 0.0294. The zero-order valence-corrected chi connectivity index (χ0v) is 19.7. The molecule has 0 atom stereocenters. The zero-order chi connectivity index (χ0) is 23.3. The molecule has 6 heteroatoms. The Morgan fingerprint density at radius 2 is 1.88 bits per heavy atom. The van der Waals surface area contributed by atoms with Gasteiger partial charge < -0.3 is 19.7 Å². The van der Waals surface area contributed by atoms with Crippen molar-refractivity contribution < 1.29 is 19.1 Å². The quantitative estimate of drug-likeness (QED) is 0.580. The normalized spacial score (nSPS) is 14.8. The van der Waals surface area contributed by atoms with E-state index in [1.54, 1.807) is 24.8 Å². The van der Waals surface area contributed by atoms with Gasteiger partial charge in [-0.3, -0.25) is 9.59 Å². The molecule has 0 bridgehead atoms. The van der Waals surface area contributed by atoms with Crippen LogP contribution in [-0.4, -0.2) is 36.6 Å². The Morgan fingerprint density at radius 3 is 2.56 bits per heavy atom. The molecule has 2 aromatic carbocycles. The average molecular weight is 439 g/mol. The molecule has 1 aliphatic rings. The van der Waals surface area contributed by atoms with Gasteiger partial charge >= 0.3 is 0 Å². The molecule has 0 aliphatic carbocycles. The minimum Gasteiger partial charge on any atom is -0.476 e. The third-order valence-corrected chi connectivity index (χ3v) is 5.42. The second-order valence-corrected chi connectivity index (χ2v) is 9.08. The van der Waals surface area contributed by atoms with Crippen molar-refractivity contribution in [2.24, 2.45) is 0 Å². The van der Waals surface area contributed by atoms with Crippen LogP contribution in [-0.2, 0) is 16.1 Å². The summed E-state index contributed by atoms with van der Waals surface area (Å²) in [6.07, 6.45) is 1.62. The van der Waals surface area contributed by atoms with E-state index in [1.807, 2.05) is 57.2 Å². The molecule has 172 valence electrons. The molecule has 0 radical (unpaired) electrons. The molecule has 6 nitrogen and oxygen atoms in total. The number of anilines is 1. The first kappa shape index (κ1) is 23.8. The van der Waals surface area contributed by atoms with Gasteiger partial charge in [0.1, 0.15) is 5.75 Å². The summed E-state index contributed by atoms with van der Waals surface area (Å²) in [7, 11) is 0. The molecule has 1 aliphatic heterocycles. The first-order chi connectivity index (χ1) is 15.2. The van der Waals surface area contributed by atoms with Crippen LogP contribution in [0.4, 0.5) is 5.69 Å². The molecular weight excluding hydrogens is 404 g/mol. The van der Waals surface area contributed by atoms with Gasteiger partial charge in [-0.25, -0.2) is 0 Å². The first-order valence-corrected chi connectivity index (χ1v) is 11.3. The van der Waals surface area contributed by atoms with Crippen LogP contribution >= 0.6 is 0 Å². The number of carbonyl (C=O) groups is 2. The van der Waals surface area contributed by atoms with Crippen molar-refractivity contribution in [2.75, 3.05) is 18.1 Å². The largest absolute Gasteiger partial charge is 0.476 e. The van der Waals surface area contributed by atoms with Crippen LogP contribution in [0.1, 0.15) is 62.0 Å². The van der Waals surface area contributed by atoms with E-state index in [-0.39, 0.29) is 17.9 Å². The summed E-state index contributed by atoms with van der Waals surface area (Å²) in [5, 5.41) is 2.93. The predicted molar refractivity (Wildman–Crippen MR) is 126 cm³/mol. The second-order valence-electron chi connectivity index (χ2n) is 9.08. The standard InChI is InChI=1S/C26H34N2O4/c1-18(2)27-24(29)21-16-22-23(15-19(21)3)32-26(4,5)25(30)28(22)13-9-10-14-31-17-20-11-7-6-8-12-20/h6-8,11-12,15-16,18H,9-10,13-14,17H2,1-5H3,(H,27,29). The van der Waals surface area contributed by atoms with Gasteiger partial charge in [0.15, 0.2) is 5.60 Å². The molecule has 0 aromatic heterocycles.